The lowest BCUT2D eigenvalue weighted by atomic mass is 9.95. The summed E-state index contributed by atoms with van der Waals surface area (Å²) in [7, 11) is -3.60. The van der Waals surface area contributed by atoms with Gasteiger partial charge >= 0.3 is 0 Å². The van der Waals surface area contributed by atoms with Crippen LogP contribution in [0.25, 0.3) is 77.3 Å². The predicted molar refractivity (Wildman–Crippen MR) is 163 cm³/mol. The topological polar surface area (TPSA) is 60.4 Å². The molecule has 2 aromatic heterocycles. The van der Waals surface area contributed by atoms with Gasteiger partial charge in [-0.2, -0.15) is 0 Å². The Hall–Kier alpha value is -5.13. The summed E-state index contributed by atoms with van der Waals surface area (Å²) >= 11 is 0. The second kappa shape index (κ2) is 7.96. The van der Waals surface area contributed by atoms with Crippen molar-refractivity contribution < 1.29 is 17.3 Å². The van der Waals surface area contributed by atoms with Crippen LogP contribution in [0.5, 0.6) is 0 Å². The van der Waals surface area contributed by atoms with E-state index in [-0.39, 0.29) is 0 Å². The van der Waals surface area contributed by atoms with E-state index in [0.29, 0.717) is 9.79 Å². The molecule has 194 valence electrons. The first kappa shape index (κ1) is 22.7. The highest BCUT2D eigenvalue weighted by Crippen LogP contribution is 2.46. The van der Waals surface area contributed by atoms with E-state index in [9.17, 15) is 8.42 Å². The lowest BCUT2D eigenvalue weighted by molar-refractivity contribution is 0.598. The minimum absolute atomic E-state index is 0.347. The Morgan fingerprint density at radius 3 is 1.27 bits per heavy atom. The summed E-state index contributed by atoms with van der Waals surface area (Å²) in [6, 6.07) is 39.5. The SMILES string of the molecule is O=S1(=O)c2ccc(-c3ccc4oc5ccccc5c4c3)cc2-c2cc(-c3ccc4oc5ccccc5c4c3)ccc21. The number of furan rings is 2. The van der Waals surface area contributed by atoms with E-state index in [2.05, 4.69) is 24.3 Å². The molecular weight excluding hydrogens is 528 g/mol. The van der Waals surface area contributed by atoms with Crippen molar-refractivity contribution in [3.05, 3.63) is 121 Å². The highest BCUT2D eigenvalue weighted by Gasteiger charge is 2.33. The van der Waals surface area contributed by atoms with Crippen LogP contribution in [0.15, 0.2) is 140 Å². The molecule has 0 saturated heterocycles. The maximum Gasteiger partial charge on any atom is 0.207 e. The zero-order chi connectivity index (χ0) is 27.3. The highest BCUT2D eigenvalue weighted by molar-refractivity contribution is 7.92. The van der Waals surface area contributed by atoms with E-state index in [4.69, 9.17) is 8.83 Å². The fraction of sp³-hybridized carbons (Fsp3) is 0. The Bertz CT molecular complexity index is 2330. The molecule has 0 bridgehead atoms. The van der Waals surface area contributed by atoms with E-state index in [1.807, 2.05) is 84.9 Å². The smallest absolute Gasteiger partial charge is 0.207 e. The highest BCUT2D eigenvalue weighted by atomic mass is 32.2. The average Bonchev–Trinajstić information content (AvgIpc) is 3.64. The van der Waals surface area contributed by atoms with Crippen LogP contribution in [0.1, 0.15) is 0 Å². The molecule has 0 fully saturated rings. The molecule has 41 heavy (non-hydrogen) atoms. The fourth-order valence-corrected chi connectivity index (χ4v) is 7.89. The van der Waals surface area contributed by atoms with E-state index in [0.717, 1.165) is 77.3 Å². The van der Waals surface area contributed by atoms with Gasteiger partial charge < -0.3 is 8.83 Å². The van der Waals surface area contributed by atoms with Gasteiger partial charge in [0.2, 0.25) is 9.84 Å². The third-order valence-electron chi connectivity index (χ3n) is 8.25. The molecule has 1 aliphatic heterocycles. The number of rotatable bonds is 2. The number of para-hydroxylation sites is 2. The van der Waals surface area contributed by atoms with Crippen LogP contribution in [0.2, 0.25) is 0 Å². The van der Waals surface area contributed by atoms with Gasteiger partial charge in [0, 0.05) is 32.7 Å². The van der Waals surface area contributed by atoms with Crippen molar-refractivity contribution in [1.82, 2.24) is 0 Å². The van der Waals surface area contributed by atoms with Crippen LogP contribution in [-0.4, -0.2) is 8.42 Å². The molecule has 1 aliphatic rings. The molecule has 4 nitrogen and oxygen atoms in total. The first-order valence-electron chi connectivity index (χ1n) is 13.4. The molecule has 0 N–H and O–H groups in total. The quantitative estimate of drug-likeness (QED) is 0.216. The normalized spacial score (nSPS) is 13.8. The van der Waals surface area contributed by atoms with Crippen LogP contribution in [0, 0.1) is 0 Å². The van der Waals surface area contributed by atoms with Gasteiger partial charge in [-0.1, -0.05) is 60.7 Å². The Morgan fingerprint density at radius 1 is 0.390 bits per heavy atom. The molecule has 5 heteroatoms. The third kappa shape index (κ3) is 3.18. The largest absolute Gasteiger partial charge is 0.456 e. The predicted octanol–water partition coefficient (Wildman–Crippen LogP) is 9.63. The molecule has 3 heterocycles. The van der Waals surface area contributed by atoms with Gasteiger partial charge in [0.1, 0.15) is 22.3 Å². The maximum atomic E-state index is 13.5. The van der Waals surface area contributed by atoms with Gasteiger partial charge in [-0.25, -0.2) is 8.42 Å². The van der Waals surface area contributed by atoms with Crippen molar-refractivity contribution in [2.75, 3.05) is 0 Å². The Labute approximate surface area is 235 Å². The molecule has 0 unspecified atom stereocenters. The third-order valence-corrected chi connectivity index (χ3v) is 10.1. The molecule has 9 rings (SSSR count). The zero-order valence-electron chi connectivity index (χ0n) is 21.6. The first-order valence-corrected chi connectivity index (χ1v) is 14.9. The summed E-state index contributed by atoms with van der Waals surface area (Å²) in [5.41, 5.74) is 8.74. The second-order valence-corrected chi connectivity index (χ2v) is 12.4. The molecule has 0 atom stereocenters. The van der Waals surface area contributed by atoms with Crippen molar-refractivity contribution in [2.24, 2.45) is 0 Å². The van der Waals surface area contributed by atoms with Gasteiger partial charge in [0.15, 0.2) is 0 Å². The monoisotopic (exact) mass is 548 g/mol. The van der Waals surface area contributed by atoms with Crippen molar-refractivity contribution in [3.8, 4) is 33.4 Å². The number of hydrogen-bond acceptors (Lipinski definition) is 4. The molecule has 0 amide bonds. The lowest BCUT2D eigenvalue weighted by Crippen LogP contribution is -1.96. The second-order valence-electron chi connectivity index (χ2n) is 10.5. The summed E-state index contributed by atoms with van der Waals surface area (Å²) in [5, 5.41) is 4.20. The first-order chi connectivity index (χ1) is 20.0. The average molecular weight is 549 g/mol. The van der Waals surface area contributed by atoms with Gasteiger partial charge in [0.25, 0.3) is 0 Å². The lowest BCUT2D eigenvalue weighted by Gasteiger charge is -2.07. The number of benzene rings is 6. The number of sulfone groups is 1. The van der Waals surface area contributed by atoms with Crippen LogP contribution >= 0.6 is 0 Å². The Balaban J connectivity index is 1.20. The van der Waals surface area contributed by atoms with Crippen LogP contribution < -0.4 is 0 Å². The van der Waals surface area contributed by atoms with Crippen molar-refractivity contribution in [1.29, 1.82) is 0 Å². The van der Waals surface area contributed by atoms with Crippen LogP contribution in [0.3, 0.4) is 0 Å². The maximum absolute atomic E-state index is 13.5. The molecule has 6 aromatic carbocycles. The van der Waals surface area contributed by atoms with Crippen molar-refractivity contribution >= 4 is 53.7 Å². The minimum Gasteiger partial charge on any atom is -0.456 e. The molecule has 0 aliphatic carbocycles. The molecule has 8 aromatic rings. The standard InChI is InChI=1S/C36H20O4S/c37-41(38)35-15-11-23(21-9-13-33-27(17-21)25-5-1-3-7-31(25)39-33)19-29(35)30-20-24(12-16-36(30)41)22-10-14-34-28(18-22)26-6-2-4-8-32(26)40-34/h1-20H. The van der Waals surface area contributed by atoms with Gasteiger partial charge in [-0.05, 0) is 82.9 Å². The van der Waals surface area contributed by atoms with Crippen molar-refractivity contribution in [3.63, 3.8) is 0 Å². The number of hydrogen-bond donors (Lipinski definition) is 0. The van der Waals surface area contributed by atoms with Crippen molar-refractivity contribution in [2.45, 2.75) is 9.79 Å². The Kier molecular flexibility index (Phi) is 4.40. The fourth-order valence-electron chi connectivity index (χ4n) is 6.24. The summed E-state index contributed by atoms with van der Waals surface area (Å²) in [6.45, 7) is 0. The molecule has 0 saturated carbocycles. The van der Waals surface area contributed by atoms with Gasteiger partial charge in [0.05, 0.1) is 9.79 Å². The summed E-state index contributed by atoms with van der Waals surface area (Å²) in [5.74, 6) is 0. The number of fused-ring (bicyclic) bond motifs is 9. The van der Waals surface area contributed by atoms with Crippen LogP contribution in [0.4, 0.5) is 0 Å². The molecular formula is C36H20O4S. The summed E-state index contributed by atoms with van der Waals surface area (Å²) < 4.78 is 39.1. The zero-order valence-corrected chi connectivity index (χ0v) is 22.4. The summed E-state index contributed by atoms with van der Waals surface area (Å²) in [4.78, 5) is 0.694. The van der Waals surface area contributed by atoms with E-state index in [1.165, 1.54) is 0 Å². The minimum atomic E-state index is -3.60. The summed E-state index contributed by atoms with van der Waals surface area (Å²) in [6.07, 6.45) is 0. The van der Waals surface area contributed by atoms with Crippen LogP contribution in [-0.2, 0) is 9.84 Å². The van der Waals surface area contributed by atoms with E-state index < -0.39 is 9.84 Å². The van der Waals surface area contributed by atoms with Gasteiger partial charge in [-0.3, -0.25) is 0 Å². The molecule has 0 radical (unpaired) electrons. The molecule has 0 spiro atoms. The van der Waals surface area contributed by atoms with E-state index >= 15 is 0 Å². The van der Waals surface area contributed by atoms with E-state index in [1.54, 1.807) is 12.1 Å². The van der Waals surface area contributed by atoms with Gasteiger partial charge in [-0.15, -0.1) is 0 Å². The Morgan fingerprint density at radius 2 is 0.780 bits per heavy atom.